The summed E-state index contributed by atoms with van der Waals surface area (Å²) in [6.45, 7) is 7.58. The van der Waals surface area contributed by atoms with Gasteiger partial charge < -0.3 is 4.90 Å². The van der Waals surface area contributed by atoms with E-state index in [0.29, 0.717) is 11.8 Å². The van der Waals surface area contributed by atoms with E-state index < -0.39 is 0 Å². The summed E-state index contributed by atoms with van der Waals surface area (Å²) in [7, 11) is 0. The highest BCUT2D eigenvalue weighted by Crippen LogP contribution is 2.27. The maximum absolute atomic E-state index is 12.7. The van der Waals surface area contributed by atoms with E-state index in [1.807, 2.05) is 0 Å². The molecule has 0 aliphatic carbocycles. The highest BCUT2D eigenvalue weighted by atomic mass is 32.2. The molecule has 2 heterocycles. The number of hydrogen-bond donors (Lipinski definition) is 1. The second-order valence-electron chi connectivity index (χ2n) is 6.70. The average Bonchev–Trinajstić information content (AvgIpc) is 2.69. The fraction of sp³-hybridized carbons (Fsp3) is 0.938. The van der Waals surface area contributed by atoms with Crippen molar-refractivity contribution in [3.05, 3.63) is 0 Å². The van der Waals surface area contributed by atoms with Gasteiger partial charge in [0.25, 0.3) is 0 Å². The monoisotopic (exact) mass is 298 g/mol. The Labute approximate surface area is 128 Å². The van der Waals surface area contributed by atoms with E-state index in [2.05, 4.69) is 42.7 Å². The van der Waals surface area contributed by atoms with Crippen LogP contribution in [0.1, 0.15) is 52.9 Å². The van der Waals surface area contributed by atoms with Crippen molar-refractivity contribution in [2.45, 2.75) is 65.1 Å². The van der Waals surface area contributed by atoms with Crippen LogP contribution in [0.4, 0.5) is 0 Å². The fourth-order valence-electron chi connectivity index (χ4n) is 3.32. The largest absolute Gasteiger partial charge is 0.326 e. The zero-order valence-electron chi connectivity index (χ0n) is 13.2. The van der Waals surface area contributed by atoms with Crippen molar-refractivity contribution in [1.82, 2.24) is 10.2 Å². The molecule has 2 saturated heterocycles. The molecule has 2 unspecified atom stereocenters. The van der Waals surface area contributed by atoms with Crippen molar-refractivity contribution in [1.29, 1.82) is 0 Å². The van der Waals surface area contributed by atoms with Gasteiger partial charge in [-0.05, 0) is 49.0 Å². The number of hydrogen-bond acceptors (Lipinski definition) is 3. The lowest BCUT2D eigenvalue weighted by molar-refractivity contribution is -0.131. The number of nitrogens with one attached hydrogen (secondary N) is 1. The van der Waals surface area contributed by atoms with Gasteiger partial charge in [0.1, 0.15) is 0 Å². The van der Waals surface area contributed by atoms with E-state index >= 15 is 0 Å². The minimum atomic E-state index is 0.0597. The molecule has 0 bridgehead atoms. The van der Waals surface area contributed by atoms with Crippen LogP contribution in [0.3, 0.4) is 0 Å². The number of carbonyl (C=O) groups excluding carboxylic acids is 1. The van der Waals surface area contributed by atoms with Crippen LogP contribution in [0.5, 0.6) is 0 Å². The molecule has 20 heavy (non-hydrogen) atoms. The molecule has 0 aromatic rings. The van der Waals surface area contributed by atoms with E-state index in [4.69, 9.17) is 0 Å². The van der Waals surface area contributed by atoms with Crippen molar-refractivity contribution in [2.24, 2.45) is 11.8 Å². The Morgan fingerprint density at radius 2 is 2.05 bits per heavy atom. The quantitative estimate of drug-likeness (QED) is 0.818. The van der Waals surface area contributed by atoms with Gasteiger partial charge in [-0.1, -0.05) is 27.2 Å². The van der Waals surface area contributed by atoms with Crippen LogP contribution < -0.4 is 5.32 Å². The summed E-state index contributed by atoms with van der Waals surface area (Å²) in [5, 5.41) is 3.58. The van der Waals surface area contributed by atoms with E-state index in [0.717, 1.165) is 31.7 Å². The lowest BCUT2D eigenvalue weighted by atomic mass is 10.0. The normalized spacial score (nSPS) is 28.6. The lowest BCUT2D eigenvalue weighted by Gasteiger charge is -2.30. The van der Waals surface area contributed by atoms with E-state index in [-0.39, 0.29) is 12.2 Å². The number of nitrogens with zero attached hydrogens (tertiary/aromatic N) is 1. The van der Waals surface area contributed by atoms with Crippen LogP contribution in [0.25, 0.3) is 0 Å². The summed E-state index contributed by atoms with van der Waals surface area (Å²) >= 11 is 2.06. The second kappa shape index (κ2) is 7.69. The average molecular weight is 298 g/mol. The smallest absolute Gasteiger partial charge is 0.241 e. The molecule has 0 aromatic carbocycles. The minimum absolute atomic E-state index is 0.0597. The van der Waals surface area contributed by atoms with Gasteiger partial charge in [-0.3, -0.25) is 10.1 Å². The summed E-state index contributed by atoms with van der Waals surface area (Å²) in [6.07, 6.45) is 6.03. The molecular weight excluding hydrogens is 268 g/mol. The third-order valence-electron chi connectivity index (χ3n) is 4.42. The molecule has 0 radical (unpaired) electrons. The minimum Gasteiger partial charge on any atom is -0.326 e. The summed E-state index contributed by atoms with van der Waals surface area (Å²) in [4.78, 5) is 14.8. The first-order chi connectivity index (χ1) is 9.61. The number of carbonyl (C=O) groups is 1. The van der Waals surface area contributed by atoms with Gasteiger partial charge in [0.2, 0.25) is 5.91 Å². The van der Waals surface area contributed by atoms with Crippen molar-refractivity contribution in [2.75, 3.05) is 18.1 Å². The van der Waals surface area contributed by atoms with Crippen molar-refractivity contribution in [3.8, 4) is 0 Å². The van der Waals surface area contributed by atoms with Crippen molar-refractivity contribution < 1.29 is 4.79 Å². The molecule has 4 heteroatoms. The molecule has 0 aromatic heterocycles. The molecule has 2 fully saturated rings. The maximum atomic E-state index is 12.7. The zero-order chi connectivity index (χ0) is 14.5. The Balaban J connectivity index is 1.96. The Morgan fingerprint density at radius 1 is 1.35 bits per heavy atom. The van der Waals surface area contributed by atoms with Crippen LogP contribution in [-0.4, -0.2) is 41.1 Å². The zero-order valence-corrected chi connectivity index (χ0v) is 14.0. The first-order valence-corrected chi connectivity index (χ1v) is 9.41. The van der Waals surface area contributed by atoms with Gasteiger partial charge in [0.15, 0.2) is 0 Å². The molecule has 1 N–H and O–H groups in total. The second-order valence-corrected chi connectivity index (χ2v) is 7.92. The molecule has 116 valence electrons. The summed E-state index contributed by atoms with van der Waals surface area (Å²) in [6, 6.07) is 0.0597. The highest BCUT2D eigenvalue weighted by Gasteiger charge is 2.39. The van der Waals surface area contributed by atoms with E-state index in [1.165, 1.54) is 24.3 Å². The van der Waals surface area contributed by atoms with E-state index in [9.17, 15) is 4.79 Å². The number of thioether (sulfide) groups is 1. The first kappa shape index (κ1) is 16.2. The summed E-state index contributed by atoms with van der Waals surface area (Å²) in [5.74, 6) is 4.20. The molecular formula is C16H30N2OS. The third kappa shape index (κ3) is 4.14. The SMILES string of the molecule is CCCC1NC(CC(C)C)C(=O)N1CC1CCSCC1. The summed E-state index contributed by atoms with van der Waals surface area (Å²) in [5.41, 5.74) is 0. The molecule has 1 amide bonds. The molecule has 2 atom stereocenters. The molecule has 2 rings (SSSR count). The van der Waals surface area contributed by atoms with E-state index in [1.54, 1.807) is 0 Å². The lowest BCUT2D eigenvalue weighted by Crippen LogP contribution is -2.41. The topological polar surface area (TPSA) is 32.3 Å². The molecule has 2 aliphatic heterocycles. The predicted octanol–water partition coefficient (Wildman–Crippen LogP) is 3.10. The standard InChI is InChI=1S/C16H30N2OS/c1-4-5-15-17-14(10-12(2)3)16(19)18(15)11-13-6-8-20-9-7-13/h12-15,17H,4-11H2,1-3H3. The van der Waals surface area contributed by atoms with Crippen molar-refractivity contribution in [3.63, 3.8) is 0 Å². The molecule has 0 spiro atoms. The van der Waals surface area contributed by atoms with Crippen LogP contribution in [0.2, 0.25) is 0 Å². The van der Waals surface area contributed by atoms with Gasteiger partial charge in [0.05, 0.1) is 12.2 Å². The number of amides is 1. The Morgan fingerprint density at radius 3 is 2.65 bits per heavy atom. The Bertz CT molecular complexity index is 316. The maximum Gasteiger partial charge on any atom is 0.241 e. The van der Waals surface area contributed by atoms with Crippen molar-refractivity contribution >= 4 is 17.7 Å². The Hall–Kier alpha value is -0.220. The van der Waals surface area contributed by atoms with Crippen LogP contribution >= 0.6 is 11.8 Å². The first-order valence-electron chi connectivity index (χ1n) is 8.26. The van der Waals surface area contributed by atoms with Gasteiger partial charge in [0, 0.05) is 6.54 Å². The molecule has 2 aliphatic rings. The van der Waals surface area contributed by atoms with Crippen LogP contribution in [0.15, 0.2) is 0 Å². The van der Waals surface area contributed by atoms with Gasteiger partial charge >= 0.3 is 0 Å². The predicted molar refractivity (Wildman–Crippen MR) is 86.8 cm³/mol. The molecule has 3 nitrogen and oxygen atoms in total. The summed E-state index contributed by atoms with van der Waals surface area (Å²) < 4.78 is 0. The van der Waals surface area contributed by atoms with Gasteiger partial charge in [-0.2, -0.15) is 11.8 Å². The third-order valence-corrected chi connectivity index (χ3v) is 5.46. The fourth-order valence-corrected chi connectivity index (χ4v) is 4.53. The van der Waals surface area contributed by atoms with Gasteiger partial charge in [-0.25, -0.2) is 0 Å². The van der Waals surface area contributed by atoms with Crippen LogP contribution in [-0.2, 0) is 4.79 Å². The van der Waals surface area contributed by atoms with Crippen LogP contribution in [0, 0.1) is 11.8 Å². The highest BCUT2D eigenvalue weighted by molar-refractivity contribution is 7.99. The van der Waals surface area contributed by atoms with Gasteiger partial charge in [-0.15, -0.1) is 0 Å². The number of rotatable bonds is 6. The molecule has 0 saturated carbocycles. The Kier molecular flexibility index (Phi) is 6.21.